The van der Waals surface area contributed by atoms with E-state index in [-0.39, 0.29) is 11.4 Å². The summed E-state index contributed by atoms with van der Waals surface area (Å²) < 4.78 is 50.6. The molecule has 2 rings (SSSR count). The Hall–Kier alpha value is -1.59. The Morgan fingerprint density at radius 1 is 1.05 bits per heavy atom. The van der Waals surface area contributed by atoms with Gasteiger partial charge in [0.2, 0.25) is 0 Å². The molecule has 0 saturated heterocycles. The number of aliphatic hydroxyl groups is 1. The molecule has 0 aliphatic rings. The van der Waals surface area contributed by atoms with Gasteiger partial charge in [0.1, 0.15) is 5.82 Å². The highest BCUT2D eigenvalue weighted by Crippen LogP contribution is 2.30. The smallest absolute Gasteiger partial charge is 0.388 e. The maximum Gasteiger partial charge on any atom is 0.416 e. The van der Waals surface area contributed by atoms with Crippen LogP contribution >= 0.6 is 11.6 Å². The number of hydrogen-bond acceptors (Lipinski definition) is 1. The van der Waals surface area contributed by atoms with E-state index in [1.54, 1.807) is 0 Å². The van der Waals surface area contributed by atoms with Crippen molar-refractivity contribution < 1.29 is 22.7 Å². The van der Waals surface area contributed by atoms with Crippen LogP contribution in [0.1, 0.15) is 22.8 Å². The third-order valence-corrected chi connectivity index (χ3v) is 3.35. The summed E-state index contributed by atoms with van der Waals surface area (Å²) in [5.74, 6) is -0.652. The predicted octanol–water partition coefficient (Wildman–Crippen LogP) is 4.77. The molecule has 0 spiro atoms. The zero-order valence-electron chi connectivity index (χ0n) is 10.7. The van der Waals surface area contributed by atoms with Gasteiger partial charge in [-0.1, -0.05) is 29.8 Å². The highest BCUT2D eigenvalue weighted by atomic mass is 35.5. The molecule has 2 aromatic carbocycles. The molecule has 2 aromatic rings. The van der Waals surface area contributed by atoms with Gasteiger partial charge < -0.3 is 5.11 Å². The van der Waals surface area contributed by atoms with E-state index in [0.717, 1.165) is 18.2 Å². The quantitative estimate of drug-likeness (QED) is 0.808. The predicted molar refractivity (Wildman–Crippen MR) is 71.5 cm³/mol. The maximum absolute atomic E-state index is 13.3. The van der Waals surface area contributed by atoms with Crippen LogP contribution in [0, 0.1) is 5.82 Å². The first-order valence-electron chi connectivity index (χ1n) is 6.06. The van der Waals surface area contributed by atoms with Gasteiger partial charge in [-0.15, -0.1) is 0 Å². The molecule has 0 aromatic heterocycles. The molecule has 0 aliphatic heterocycles. The van der Waals surface area contributed by atoms with Crippen LogP contribution < -0.4 is 0 Å². The number of rotatable bonds is 3. The number of alkyl halides is 3. The number of aliphatic hydroxyl groups excluding tert-OH is 1. The van der Waals surface area contributed by atoms with Crippen molar-refractivity contribution in [3.05, 3.63) is 70.0 Å². The molecular formula is C15H11ClF4O. The Kier molecular flexibility index (Phi) is 4.54. The van der Waals surface area contributed by atoms with Crippen LogP contribution in [0.3, 0.4) is 0 Å². The summed E-state index contributed by atoms with van der Waals surface area (Å²) in [6.45, 7) is 0. The molecule has 0 aliphatic carbocycles. The summed E-state index contributed by atoms with van der Waals surface area (Å²) in [5.41, 5.74) is 0.0842. The minimum absolute atomic E-state index is 0.0551. The van der Waals surface area contributed by atoms with Gasteiger partial charge in [0, 0.05) is 6.42 Å². The van der Waals surface area contributed by atoms with Gasteiger partial charge in [0.25, 0.3) is 0 Å². The van der Waals surface area contributed by atoms with E-state index in [2.05, 4.69) is 0 Å². The standard InChI is InChI=1S/C15H11ClF4O/c16-12-6-3-10(8-13(12)17)14(21)7-9-1-4-11(5-2-9)15(18,19)20/h1-6,8,14,21H,7H2. The minimum Gasteiger partial charge on any atom is -0.388 e. The van der Waals surface area contributed by atoms with Gasteiger partial charge >= 0.3 is 6.18 Å². The Balaban J connectivity index is 2.12. The fourth-order valence-corrected chi connectivity index (χ4v) is 2.01. The first kappa shape index (κ1) is 15.8. The van der Waals surface area contributed by atoms with Gasteiger partial charge in [-0.05, 0) is 35.4 Å². The van der Waals surface area contributed by atoms with Gasteiger partial charge in [0.05, 0.1) is 16.7 Å². The number of benzene rings is 2. The molecule has 0 fully saturated rings. The molecule has 1 N–H and O–H groups in total. The average Bonchev–Trinajstić information content (AvgIpc) is 2.41. The van der Waals surface area contributed by atoms with Gasteiger partial charge in [-0.25, -0.2) is 4.39 Å². The topological polar surface area (TPSA) is 20.2 Å². The van der Waals surface area contributed by atoms with Crippen molar-refractivity contribution in [3.63, 3.8) is 0 Å². The second-order valence-electron chi connectivity index (χ2n) is 4.59. The first-order valence-corrected chi connectivity index (χ1v) is 6.44. The molecule has 1 unspecified atom stereocenters. The van der Waals surface area contributed by atoms with E-state index in [1.807, 2.05) is 0 Å². The second-order valence-corrected chi connectivity index (χ2v) is 5.00. The lowest BCUT2D eigenvalue weighted by atomic mass is 10.0. The fourth-order valence-electron chi connectivity index (χ4n) is 1.89. The van der Waals surface area contributed by atoms with Crippen LogP contribution in [-0.2, 0) is 12.6 Å². The van der Waals surface area contributed by atoms with Crippen LogP contribution in [0.25, 0.3) is 0 Å². The molecule has 0 saturated carbocycles. The fraction of sp³-hybridized carbons (Fsp3) is 0.200. The van der Waals surface area contributed by atoms with Crippen molar-refractivity contribution >= 4 is 11.6 Å². The second kappa shape index (κ2) is 6.03. The average molecular weight is 319 g/mol. The monoisotopic (exact) mass is 318 g/mol. The number of halogens is 5. The SMILES string of the molecule is OC(Cc1ccc(C(F)(F)F)cc1)c1ccc(Cl)c(F)c1. The van der Waals surface area contributed by atoms with Crippen LogP contribution in [0.4, 0.5) is 17.6 Å². The van der Waals surface area contributed by atoms with E-state index in [1.165, 1.54) is 24.3 Å². The molecule has 0 radical (unpaired) electrons. The van der Waals surface area contributed by atoms with Crippen LogP contribution in [0.2, 0.25) is 5.02 Å². The van der Waals surface area contributed by atoms with E-state index in [4.69, 9.17) is 11.6 Å². The zero-order valence-corrected chi connectivity index (χ0v) is 11.4. The molecule has 1 nitrogen and oxygen atoms in total. The van der Waals surface area contributed by atoms with E-state index in [9.17, 15) is 22.7 Å². The third-order valence-electron chi connectivity index (χ3n) is 3.04. The third kappa shape index (κ3) is 3.95. The lowest BCUT2D eigenvalue weighted by Gasteiger charge is -2.13. The Morgan fingerprint density at radius 2 is 1.67 bits per heavy atom. The van der Waals surface area contributed by atoms with Crippen molar-refractivity contribution in [2.24, 2.45) is 0 Å². The molecule has 1 atom stereocenters. The summed E-state index contributed by atoms with van der Waals surface area (Å²) in [7, 11) is 0. The summed E-state index contributed by atoms with van der Waals surface area (Å²) in [6.07, 6.45) is -5.33. The summed E-state index contributed by atoms with van der Waals surface area (Å²) in [6, 6.07) is 8.38. The normalized spacial score (nSPS) is 13.2. The molecule has 0 heterocycles. The minimum atomic E-state index is -4.39. The molecule has 0 bridgehead atoms. The van der Waals surface area contributed by atoms with Crippen molar-refractivity contribution in [3.8, 4) is 0 Å². The van der Waals surface area contributed by atoms with Crippen LogP contribution in [0.15, 0.2) is 42.5 Å². The number of hydrogen-bond donors (Lipinski definition) is 1. The summed E-state index contributed by atoms with van der Waals surface area (Å²) in [5, 5.41) is 9.93. The van der Waals surface area contributed by atoms with Crippen molar-refractivity contribution in [1.82, 2.24) is 0 Å². The Morgan fingerprint density at radius 3 is 2.19 bits per heavy atom. The summed E-state index contributed by atoms with van der Waals surface area (Å²) >= 11 is 5.54. The molecule has 6 heteroatoms. The molecular weight excluding hydrogens is 308 g/mol. The maximum atomic E-state index is 13.3. The molecule has 112 valence electrons. The molecule has 0 amide bonds. The van der Waals surface area contributed by atoms with Gasteiger partial charge in [0.15, 0.2) is 0 Å². The van der Waals surface area contributed by atoms with Gasteiger partial charge in [-0.3, -0.25) is 0 Å². The molecule has 21 heavy (non-hydrogen) atoms. The van der Waals surface area contributed by atoms with E-state index >= 15 is 0 Å². The van der Waals surface area contributed by atoms with Crippen LogP contribution in [-0.4, -0.2) is 5.11 Å². The Bertz CT molecular complexity index is 623. The van der Waals surface area contributed by atoms with E-state index < -0.39 is 23.7 Å². The van der Waals surface area contributed by atoms with Crippen molar-refractivity contribution in [2.75, 3.05) is 0 Å². The zero-order chi connectivity index (χ0) is 15.6. The van der Waals surface area contributed by atoms with Gasteiger partial charge in [-0.2, -0.15) is 13.2 Å². The van der Waals surface area contributed by atoms with E-state index in [0.29, 0.717) is 11.1 Å². The first-order chi connectivity index (χ1) is 9.77. The van der Waals surface area contributed by atoms with Crippen molar-refractivity contribution in [2.45, 2.75) is 18.7 Å². The highest BCUT2D eigenvalue weighted by molar-refractivity contribution is 6.30. The largest absolute Gasteiger partial charge is 0.416 e. The van der Waals surface area contributed by atoms with Crippen LogP contribution in [0.5, 0.6) is 0 Å². The lowest BCUT2D eigenvalue weighted by molar-refractivity contribution is -0.137. The lowest BCUT2D eigenvalue weighted by Crippen LogP contribution is -2.06. The summed E-state index contributed by atoms with van der Waals surface area (Å²) in [4.78, 5) is 0. The van der Waals surface area contributed by atoms with Crippen molar-refractivity contribution in [1.29, 1.82) is 0 Å². The highest BCUT2D eigenvalue weighted by Gasteiger charge is 2.30. The Labute approximate surface area is 123 Å².